The molecule has 0 amide bonds. The van der Waals surface area contributed by atoms with Gasteiger partial charge in [-0.3, -0.25) is 4.68 Å². The number of hydrogen-bond acceptors (Lipinski definition) is 4. The zero-order chi connectivity index (χ0) is 14.2. The highest BCUT2D eigenvalue weighted by Crippen LogP contribution is 2.06. The Kier molecular flexibility index (Phi) is 5.70. The molecule has 0 saturated carbocycles. The molecule has 0 unspecified atom stereocenters. The van der Waals surface area contributed by atoms with E-state index in [9.17, 15) is 0 Å². The summed E-state index contributed by atoms with van der Waals surface area (Å²) in [6, 6.07) is 8.45. The average molecular weight is 274 g/mol. The lowest BCUT2D eigenvalue weighted by atomic mass is 10.1. The molecular formula is C15H22N4O. The quantitative estimate of drug-likeness (QED) is 0.712. The first-order valence-corrected chi connectivity index (χ1v) is 7.04. The fourth-order valence-electron chi connectivity index (χ4n) is 2.09. The molecule has 0 aliphatic carbocycles. The van der Waals surface area contributed by atoms with Gasteiger partial charge in [0.1, 0.15) is 0 Å². The second kappa shape index (κ2) is 7.77. The molecule has 2 N–H and O–H groups in total. The summed E-state index contributed by atoms with van der Waals surface area (Å²) in [5.41, 5.74) is 3.66. The molecule has 0 aliphatic rings. The summed E-state index contributed by atoms with van der Waals surface area (Å²) in [6.07, 6.45) is 3.66. The maximum absolute atomic E-state index is 8.76. The molecule has 0 bridgehead atoms. The third kappa shape index (κ3) is 4.43. The molecule has 108 valence electrons. The molecule has 20 heavy (non-hydrogen) atoms. The second-order valence-electron chi connectivity index (χ2n) is 4.90. The highest BCUT2D eigenvalue weighted by molar-refractivity contribution is 5.25. The number of aliphatic hydroxyl groups is 1. The molecule has 0 radical (unpaired) electrons. The molecular weight excluding hydrogens is 252 g/mol. The van der Waals surface area contributed by atoms with Crippen molar-refractivity contribution in [1.29, 1.82) is 0 Å². The molecule has 5 nitrogen and oxygen atoms in total. The molecule has 1 heterocycles. The Morgan fingerprint density at radius 3 is 2.95 bits per heavy atom. The molecule has 0 atom stereocenters. The Hall–Kier alpha value is -1.72. The monoisotopic (exact) mass is 274 g/mol. The summed E-state index contributed by atoms with van der Waals surface area (Å²) < 4.78 is 1.77. The molecule has 5 heteroatoms. The number of hydrogen-bond donors (Lipinski definition) is 2. The lowest BCUT2D eigenvalue weighted by molar-refractivity contribution is 0.276. The van der Waals surface area contributed by atoms with Crippen molar-refractivity contribution in [3.8, 4) is 0 Å². The van der Waals surface area contributed by atoms with E-state index in [1.54, 1.807) is 4.68 Å². The van der Waals surface area contributed by atoms with Gasteiger partial charge in [-0.15, -0.1) is 5.10 Å². The highest BCUT2D eigenvalue weighted by Gasteiger charge is 2.01. The van der Waals surface area contributed by atoms with Crippen LogP contribution in [-0.2, 0) is 19.5 Å². The van der Waals surface area contributed by atoms with Crippen molar-refractivity contribution in [1.82, 2.24) is 20.3 Å². The number of benzene rings is 1. The normalized spacial score (nSPS) is 10.9. The Labute approximate surface area is 119 Å². The van der Waals surface area contributed by atoms with Gasteiger partial charge in [-0.1, -0.05) is 29.5 Å². The number of aryl methyl sites for hydroxylation is 2. The summed E-state index contributed by atoms with van der Waals surface area (Å²) in [7, 11) is 0. The first kappa shape index (κ1) is 14.7. The molecule has 2 aromatic rings. The fraction of sp³-hybridized carbons (Fsp3) is 0.467. The molecule has 1 aromatic carbocycles. The molecule has 0 saturated heterocycles. The second-order valence-corrected chi connectivity index (χ2v) is 4.90. The fourth-order valence-corrected chi connectivity index (χ4v) is 2.09. The van der Waals surface area contributed by atoms with Crippen LogP contribution in [0.25, 0.3) is 0 Å². The van der Waals surface area contributed by atoms with Crippen LogP contribution in [0.15, 0.2) is 30.5 Å². The van der Waals surface area contributed by atoms with Gasteiger partial charge in [0.05, 0.1) is 5.69 Å². The minimum Gasteiger partial charge on any atom is -0.396 e. The van der Waals surface area contributed by atoms with Gasteiger partial charge in [-0.2, -0.15) is 0 Å². The van der Waals surface area contributed by atoms with Crippen LogP contribution in [0.5, 0.6) is 0 Å². The first-order chi connectivity index (χ1) is 9.79. The van der Waals surface area contributed by atoms with Crippen LogP contribution in [0, 0.1) is 6.92 Å². The Morgan fingerprint density at radius 2 is 2.15 bits per heavy atom. The number of aliphatic hydroxyl groups excluding tert-OH is 1. The van der Waals surface area contributed by atoms with Crippen molar-refractivity contribution in [3.05, 3.63) is 47.3 Å². The lowest BCUT2D eigenvalue weighted by Crippen LogP contribution is -2.17. The maximum atomic E-state index is 8.76. The zero-order valence-electron chi connectivity index (χ0n) is 11.9. The number of nitrogens with zero attached hydrogens (tertiary/aromatic N) is 3. The molecule has 0 fully saturated rings. The van der Waals surface area contributed by atoms with Crippen molar-refractivity contribution in [2.24, 2.45) is 0 Å². The maximum Gasteiger partial charge on any atom is 0.0964 e. The van der Waals surface area contributed by atoms with E-state index < -0.39 is 0 Å². The minimum absolute atomic E-state index is 0.184. The number of nitrogens with one attached hydrogen (secondary N) is 1. The van der Waals surface area contributed by atoms with E-state index in [0.29, 0.717) is 13.0 Å². The van der Waals surface area contributed by atoms with Crippen LogP contribution in [0.3, 0.4) is 0 Å². The van der Waals surface area contributed by atoms with E-state index in [1.165, 1.54) is 11.1 Å². The van der Waals surface area contributed by atoms with E-state index in [1.807, 2.05) is 6.20 Å². The summed E-state index contributed by atoms with van der Waals surface area (Å²) in [6.45, 7) is 4.69. The van der Waals surface area contributed by atoms with Crippen molar-refractivity contribution >= 4 is 0 Å². The molecule has 1 aromatic heterocycles. The van der Waals surface area contributed by atoms with Gasteiger partial charge in [-0.25, -0.2) is 0 Å². The first-order valence-electron chi connectivity index (χ1n) is 7.04. The molecule has 2 rings (SSSR count). The zero-order valence-corrected chi connectivity index (χ0v) is 11.9. The van der Waals surface area contributed by atoms with Gasteiger partial charge in [0.2, 0.25) is 0 Å². The van der Waals surface area contributed by atoms with E-state index in [2.05, 4.69) is 46.8 Å². The SMILES string of the molecule is Cc1ccccc1CCNCc1cn(CCCO)nn1. The summed E-state index contributed by atoms with van der Waals surface area (Å²) in [5.74, 6) is 0. The van der Waals surface area contributed by atoms with Crippen LogP contribution in [0.1, 0.15) is 23.2 Å². The van der Waals surface area contributed by atoms with E-state index in [-0.39, 0.29) is 6.61 Å². The minimum atomic E-state index is 0.184. The lowest BCUT2D eigenvalue weighted by Gasteiger charge is -2.05. The predicted octanol–water partition coefficient (Wildman–Crippen LogP) is 1.30. The van der Waals surface area contributed by atoms with Crippen LogP contribution in [0.4, 0.5) is 0 Å². The number of aromatic nitrogens is 3. The Morgan fingerprint density at radius 1 is 1.30 bits per heavy atom. The van der Waals surface area contributed by atoms with Gasteiger partial charge >= 0.3 is 0 Å². The summed E-state index contributed by atoms with van der Waals surface area (Å²) in [4.78, 5) is 0. The standard InChI is InChI=1S/C15H22N4O/c1-13-5-2-3-6-14(13)7-8-16-11-15-12-19(18-17-15)9-4-10-20/h2-3,5-6,12,16,20H,4,7-11H2,1H3. The predicted molar refractivity (Wildman–Crippen MR) is 78.3 cm³/mol. The third-order valence-electron chi connectivity index (χ3n) is 3.27. The molecule has 0 spiro atoms. The van der Waals surface area contributed by atoms with Crippen molar-refractivity contribution < 1.29 is 5.11 Å². The van der Waals surface area contributed by atoms with Crippen LogP contribution >= 0.6 is 0 Å². The molecule has 0 aliphatic heterocycles. The number of rotatable bonds is 8. The van der Waals surface area contributed by atoms with Gasteiger partial charge in [-0.05, 0) is 37.4 Å². The topological polar surface area (TPSA) is 63.0 Å². The van der Waals surface area contributed by atoms with Crippen molar-refractivity contribution in [2.75, 3.05) is 13.2 Å². The van der Waals surface area contributed by atoms with Gasteiger partial charge < -0.3 is 10.4 Å². The van der Waals surface area contributed by atoms with Crippen LogP contribution in [0.2, 0.25) is 0 Å². The van der Waals surface area contributed by atoms with Crippen molar-refractivity contribution in [3.63, 3.8) is 0 Å². The van der Waals surface area contributed by atoms with Gasteiger partial charge in [0.25, 0.3) is 0 Å². The summed E-state index contributed by atoms with van der Waals surface area (Å²) >= 11 is 0. The summed E-state index contributed by atoms with van der Waals surface area (Å²) in [5, 5.41) is 20.3. The van der Waals surface area contributed by atoms with E-state index in [0.717, 1.165) is 25.2 Å². The average Bonchev–Trinajstić information content (AvgIpc) is 2.91. The Bertz CT molecular complexity index is 524. The largest absolute Gasteiger partial charge is 0.396 e. The van der Waals surface area contributed by atoms with Crippen LogP contribution in [-0.4, -0.2) is 33.3 Å². The van der Waals surface area contributed by atoms with E-state index in [4.69, 9.17) is 5.11 Å². The smallest absolute Gasteiger partial charge is 0.0964 e. The highest BCUT2D eigenvalue weighted by atomic mass is 16.3. The third-order valence-corrected chi connectivity index (χ3v) is 3.27. The van der Waals surface area contributed by atoms with E-state index >= 15 is 0 Å². The van der Waals surface area contributed by atoms with Crippen LogP contribution < -0.4 is 5.32 Å². The van der Waals surface area contributed by atoms with Gasteiger partial charge in [0.15, 0.2) is 0 Å². The Balaban J connectivity index is 1.71. The van der Waals surface area contributed by atoms with Crippen molar-refractivity contribution in [2.45, 2.75) is 32.9 Å². The van der Waals surface area contributed by atoms with Gasteiger partial charge in [0, 0.05) is 25.9 Å².